The summed E-state index contributed by atoms with van der Waals surface area (Å²) in [6.07, 6.45) is 4.46. The van der Waals surface area contributed by atoms with E-state index in [1.807, 2.05) is 19.1 Å². The van der Waals surface area contributed by atoms with E-state index in [1.165, 1.54) is 16.9 Å². The SMILES string of the molecule is Cc1[nH]c(=O)c2sc(-c3ccncc3)c3c2c1C[C@@H](C)O3. The molecule has 106 valence electrons. The molecule has 0 radical (unpaired) electrons. The van der Waals surface area contributed by atoms with Gasteiger partial charge in [0.05, 0.1) is 4.88 Å². The highest BCUT2D eigenvalue weighted by molar-refractivity contribution is 7.22. The molecule has 1 aliphatic rings. The summed E-state index contributed by atoms with van der Waals surface area (Å²) in [5.41, 5.74) is 3.16. The largest absolute Gasteiger partial charge is 0.488 e. The summed E-state index contributed by atoms with van der Waals surface area (Å²) in [5.74, 6) is 0.851. The molecule has 0 fully saturated rings. The second-order valence-corrected chi connectivity index (χ2v) is 6.41. The lowest BCUT2D eigenvalue weighted by atomic mass is 9.99. The Morgan fingerprint density at radius 1 is 1.38 bits per heavy atom. The number of hydrogen-bond donors (Lipinski definition) is 1. The quantitative estimate of drug-likeness (QED) is 0.750. The summed E-state index contributed by atoms with van der Waals surface area (Å²) in [6, 6.07) is 3.90. The van der Waals surface area contributed by atoms with Gasteiger partial charge in [-0.15, -0.1) is 11.3 Å². The molecular weight excluding hydrogens is 284 g/mol. The lowest BCUT2D eigenvalue weighted by Gasteiger charge is -2.23. The second kappa shape index (κ2) is 4.43. The van der Waals surface area contributed by atoms with Gasteiger partial charge in [0, 0.05) is 29.9 Å². The van der Waals surface area contributed by atoms with Crippen LogP contribution in [-0.2, 0) is 6.42 Å². The fraction of sp³-hybridized carbons (Fsp3) is 0.250. The van der Waals surface area contributed by atoms with E-state index >= 15 is 0 Å². The minimum absolute atomic E-state index is 0.0315. The third-order valence-corrected chi connectivity index (χ3v) is 5.10. The van der Waals surface area contributed by atoms with E-state index in [4.69, 9.17) is 4.74 Å². The predicted molar refractivity (Wildman–Crippen MR) is 84.2 cm³/mol. The summed E-state index contributed by atoms with van der Waals surface area (Å²) >= 11 is 1.50. The molecule has 0 amide bonds. The molecule has 4 nitrogen and oxygen atoms in total. The molecule has 0 aliphatic carbocycles. The van der Waals surface area contributed by atoms with E-state index in [1.54, 1.807) is 12.4 Å². The summed E-state index contributed by atoms with van der Waals surface area (Å²) in [7, 11) is 0. The van der Waals surface area contributed by atoms with Crippen molar-refractivity contribution in [3.8, 4) is 16.2 Å². The Balaban J connectivity index is 2.12. The highest BCUT2D eigenvalue weighted by Gasteiger charge is 2.27. The van der Waals surface area contributed by atoms with Gasteiger partial charge in [-0.05, 0) is 37.1 Å². The zero-order chi connectivity index (χ0) is 14.6. The highest BCUT2D eigenvalue weighted by Crippen LogP contribution is 2.47. The third-order valence-electron chi connectivity index (χ3n) is 3.88. The van der Waals surface area contributed by atoms with Crippen molar-refractivity contribution >= 4 is 21.4 Å². The van der Waals surface area contributed by atoms with Gasteiger partial charge in [-0.1, -0.05) is 0 Å². The van der Waals surface area contributed by atoms with Gasteiger partial charge >= 0.3 is 0 Å². The van der Waals surface area contributed by atoms with Gasteiger partial charge in [0.15, 0.2) is 0 Å². The average molecular weight is 298 g/mol. The van der Waals surface area contributed by atoms with E-state index in [0.717, 1.165) is 38.4 Å². The molecule has 0 bridgehead atoms. The zero-order valence-corrected chi connectivity index (χ0v) is 12.6. The lowest BCUT2D eigenvalue weighted by Crippen LogP contribution is -2.22. The number of nitrogens with zero attached hydrogens (tertiary/aromatic N) is 1. The number of nitrogens with one attached hydrogen (secondary N) is 1. The Bertz CT molecular complexity index is 896. The standard InChI is InChI=1S/C16H14N2O2S/c1-8-7-11-9(2)18-16(19)15-12(11)13(20-8)14(21-15)10-3-5-17-6-4-10/h3-6,8H,7H2,1-2H3,(H,18,19)/t8-/m1/s1. The minimum Gasteiger partial charge on any atom is -0.488 e. The first kappa shape index (κ1) is 12.6. The Morgan fingerprint density at radius 2 is 2.14 bits per heavy atom. The molecule has 3 aromatic rings. The monoisotopic (exact) mass is 298 g/mol. The molecule has 0 unspecified atom stereocenters. The van der Waals surface area contributed by atoms with Gasteiger partial charge < -0.3 is 9.72 Å². The van der Waals surface area contributed by atoms with Crippen molar-refractivity contribution in [1.29, 1.82) is 0 Å². The van der Waals surface area contributed by atoms with Crippen molar-refractivity contribution < 1.29 is 4.74 Å². The second-order valence-electron chi connectivity index (χ2n) is 5.39. The molecule has 0 saturated carbocycles. The van der Waals surface area contributed by atoms with Crippen molar-refractivity contribution in [3.05, 3.63) is 46.1 Å². The van der Waals surface area contributed by atoms with E-state index in [9.17, 15) is 4.79 Å². The Labute approximate surface area is 125 Å². The number of thiophene rings is 1. The Morgan fingerprint density at radius 3 is 2.90 bits per heavy atom. The van der Waals surface area contributed by atoms with Crippen LogP contribution >= 0.6 is 11.3 Å². The van der Waals surface area contributed by atoms with E-state index in [2.05, 4.69) is 16.9 Å². The summed E-state index contributed by atoms with van der Waals surface area (Å²) in [4.78, 5) is 20.3. The summed E-state index contributed by atoms with van der Waals surface area (Å²) < 4.78 is 6.83. The molecule has 0 saturated heterocycles. The van der Waals surface area contributed by atoms with Crippen LogP contribution in [0.1, 0.15) is 18.2 Å². The van der Waals surface area contributed by atoms with Gasteiger partial charge in [0.2, 0.25) is 0 Å². The van der Waals surface area contributed by atoms with Crippen molar-refractivity contribution in [1.82, 2.24) is 9.97 Å². The van der Waals surface area contributed by atoms with Gasteiger partial charge in [-0.25, -0.2) is 0 Å². The maximum atomic E-state index is 12.3. The zero-order valence-electron chi connectivity index (χ0n) is 11.8. The topological polar surface area (TPSA) is 55.0 Å². The van der Waals surface area contributed by atoms with Crippen LogP contribution in [0.25, 0.3) is 20.5 Å². The molecule has 3 aromatic heterocycles. The first-order valence-electron chi connectivity index (χ1n) is 6.90. The predicted octanol–water partition coefficient (Wildman–Crippen LogP) is 3.28. The molecular formula is C16H14N2O2S. The number of H-pyrrole nitrogens is 1. The fourth-order valence-electron chi connectivity index (χ4n) is 2.93. The van der Waals surface area contributed by atoms with E-state index < -0.39 is 0 Å². The molecule has 5 heteroatoms. The first-order valence-corrected chi connectivity index (χ1v) is 7.72. The third kappa shape index (κ3) is 1.81. The maximum absolute atomic E-state index is 12.3. The minimum atomic E-state index is -0.0315. The summed E-state index contributed by atoms with van der Waals surface area (Å²) in [5, 5.41) is 0.992. The van der Waals surface area contributed by atoms with Crippen molar-refractivity contribution in [2.24, 2.45) is 0 Å². The smallest absolute Gasteiger partial charge is 0.266 e. The van der Waals surface area contributed by atoms with Crippen LogP contribution in [0.15, 0.2) is 29.3 Å². The van der Waals surface area contributed by atoms with Gasteiger partial charge in [-0.2, -0.15) is 0 Å². The van der Waals surface area contributed by atoms with Crippen LogP contribution in [0.2, 0.25) is 0 Å². The molecule has 0 aromatic carbocycles. The van der Waals surface area contributed by atoms with Crippen LogP contribution in [0.3, 0.4) is 0 Å². The number of pyridine rings is 2. The number of rotatable bonds is 1. The fourth-order valence-corrected chi connectivity index (χ4v) is 4.09. The van der Waals surface area contributed by atoms with Crippen LogP contribution in [0, 0.1) is 6.92 Å². The van der Waals surface area contributed by atoms with E-state index in [-0.39, 0.29) is 11.7 Å². The van der Waals surface area contributed by atoms with E-state index in [0.29, 0.717) is 0 Å². The normalized spacial score (nSPS) is 17.0. The number of hydrogen-bond acceptors (Lipinski definition) is 4. The van der Waals surface area contributed by atoms with Gasteiger partial charge in [0.25, 0.3) is 5.56 Å². The van der Waals surface area contributed by atoms with Crippen molar-refractivity contribution in [2.75, 3.05) is 0 Å². The average Bonchev–Trinajstić information content (AvgIpc) is 2.86. The highest BCUT2D eigenvalue weighted by atomic mass is 32.1. The van der Waals surface area contributed by atoms with Crippen molar-refractivity contribution in [2.45, 2.75) is 26.4 Å². The number of aryl methyl sites for hydroxylation is 1. The molecule has 0 spiro atoms. The Kier molecular flexibility index (Phi) is 2.65. The van der Waals surface area contributed by atoms with Crippen molar-refractivity contribution in [3.63, 3.8) is 0 Å². The number of aromatic amines is 1. The molecule has 1 aliphatic heterocycles. The molecule has 1 N–H and O–H groups in total. The van der Waals surface area contributed by atoms with Crippen LogP contribution < -0.4 is 10.3 Å². The molecule has 21 heavy (non-hydrogen) atoms. The Hall–Kier alpha value is -2.14. The van der Waals surface area contributed by atoms with Crippen LogP contribution in [0.5, 0.6) is 5.75 Å². The van der Waals surface area contributed by atoms with Gasteiger partial charge in [-0.3, -0.25) is 9.78 Å². The van der Waals surface area contributed by atoms with Crippen LogP contribution in [-0.4, -0.2) is 16.1 Å². The number of ether oxygens (including phenoxy) is 1. The first-order chi connectivity index (χ1) is 10.1. The van der Waals surface area contributed by atoms with Crippen LogP contribution in [0.4, 0.5) is 0 Å². The molecule has 4 rings (SSSR count). The summed E-state index contributed by atoms with van der Waals surface area (Å²) in [6.45, 7) is 4.02. The van der Waals surface area contributed by atoms with Gasteiger partial charge in [0.1, 0.15) is 16.6 Å². The molecule has 4 heterocycles. The molecule has 1 atom stereocenters. The maximum Gasteiger partial charge on any atom is 0.266 e. The number of aromatic nitrogens is 2. The lowest BCUT2D eigenvalue weighted by molar-refractivity contribution is 0.219.